The number of halogens is 2. The van der Waals surface area contributed by atoms with E-state index in [9.17, 15) is 13.6 Å². The number of aromatic nitrogens is 4. The Labute approximate surface area is 247 Å². The molecule has 1 aliphatic rings. The Morgan fingerprint density at radius 2 is 1.93 bits per heavy atom. The second kappa shape index (κ2) is 11.7. The number of aryl methyl sites for hydroxylation is 1. The van der Waals surface area contributed by atoms with Crippen LogP contribution in [0.1, 0.15) is 34.3 Å². The second-order valence-corrected chi connectivity index (χ2v) is 10.8. The summed E-state index contributed by atoms with van der Waals surface area (Å²) in [5.74, 6) is -1.55. The highest BCUT2D eigenvalue weighted by molar-refractivity contribution is 5.80. The summed E-state index contributed by atoms with van der Waals surface area (Å²) in [5, 5.41) is 21.4. The van der Waals surface area contributed by atoms with Crippen LogP contribution in [0.15, 0.2) is 77.5 Å². The van der Waals surface area contributed by atoms with E-state index in [1.54, 1.807) is 33.8 Å². The summed E-state index contributed by atoms with van der Waals surface area (Å²) in [6.45, 7) is 3.28. The monoisotopic (exact) mass is 581 g/mol. The fourth-order valence-electron chi connectivity index (χ4n) is 5.73. The van der Waals surface area contributed by atoms with Crippen molar-refractivity contribution in [1.82, 2.24) is 29.8 Å². The zero-order valence-electron chi connectivity index (χ0n) is 23.7. The van der Waals surface area contributed by atoms with E-state index >= 15 is 0 Å². The van der Waals surface area contributed by atoms with Crippen LogP contribution in [0.2, 0.25) is 0 Å². The predicted molar refractivity (Wildman–Crippen MR) is 154 cm³/mol. The number of nitrogens with one attached hydrogen (secondary N) is 1. The van der Waals surface area contributed by atoms with E-state index in [0.29, 0.717) is 31.0 Å². The van der Waals surface area contributed by atoms with Crippen molar-refractivity contribution in [2.75, 3.05) is 13.1 Å². The van der Waals surface area contributed by atoms with Crippen molar-refractivity contribution in [2.45, 2.75) is 31.8 Å². The number of likely N-dealkylation sites (tertiary alicyclic amines) is 1. The van der Waals surface area contributed by atoms with Gasteiger partial charge in [-0.25, -0.2) is 13.5 Å². The fourth-order valence-corrected chi connectivity index (χ4v) is 5.73. The van der Waals surface area contributed by atoms with Gasteiger partial charge in [0, 0.05) is 43.9 Å². The number of amides is 1. The normalized spacial score (nSPS) is 16.8. The molecule has 1 fully saturated rings. The largest absolute Gasteiger partial charge is 0.449 e. The van der Waals surface area contributed by atoms with E-state index in [2.05, 4.69) is 15.3 Å². The molecule has 4 heterocycles. The van der Waals surface area contributed by atoms with Crippen LogP contribution in [0, 0.1) is 29.9 Å². The van der Waals surface area contributed by atoms with E-state index in [4.69, 9.17) is 14.8 Å². The van der Waals surface area contributed by atoms with Crippen molar-refractivity contribution in [1.29, 1.82) is 5.26 Å². The van der Waals surface area contributed by atoms with Gasteiger partial charge in [0.25, 0.3) is 0 Å². The number of nitriles is 1. The average Bonchev–Trinajstić information content (AvgIpc) is 3.79. The molecule has 3 aromatic heterocycles. The molecular formula is C32H29F2N7O2. The second-order valence-electron chi connectivity index (χ2n) is 10.8. The van der Waals surface area contributed by atoms with Crippen LogP contribution >= 0.6 is 0 Å². The maximum atomic E-state index is 14.3. The Balaban J connectivity index is 1.27. The molecule has 1 N–H and O–H groups in total. The number of hydrogen-bond acceptors (Lipinski definition) is 6. The van der Waals surface area contributed by atoms with Crippen molar-refractivity contribution in [3.05, 3.63) is 113 Å². The average molecular weight is 582 g/mol. The highest BCUT2D eigenvalue weighted by atomic mass is 19.2. The van der Waals surface area contributed by atoms with Gasteiger partial charge in [-0.05, 0) is 54.4 Å². The lowest BCUT2D eigenvalue weighted by molar-refractivity contribution is -0.121. The first-order valence-electron chi connectivity index (χ1n) is 13.9. The maximum Gasteiger partial charge on any atom is 0.226 e. The molecule has 0 unspecified atom stereocenters. The van der Waals surface area contributed by atoms with Crippen molar-refractivity contribution < 1.29 is 18.0 Å². The van der Waals surface area contributed by atoms with Crippen molar-refractivity contribution in [2.24, 2.45) is 7.05 Å². The van der Waals surface area contributed by atoms with Crippen molar-refractivity contribution in [3.8, 4) is 23.0 Å². The molecule has 6 rings (SSSR count). The third-order valence-electron chi connectivity index (χ3n) is 7.82. The highest BCUT2D eigenvalue weighted by Gasteiger charge is 2.36. The van der Waals surface area contributed by atoms with Gasteiger partial charge in [0.05, 0.1) is 36.2 Å². The minimum atomic E-state index is -0.934. The van der Waals surface area contributed by atoms with Crippen LogP contribution in [-0.2, 0) is 24.8 Å². The first-order chi connectivity index (χ1) is 20.8. The third kappa shape index (κ3) is 5.82. The molecule has 218 valence electrons. The van der Waals surface area contributed by atoms with Crippen LogP contribution < -0.4 is 5.32 Å². The standard InChI is InChI=1S/C32H29F2N7O2/c1-20-30(41(23-6-4-3-5-7-23)38-32(20)22-15-36-39(2)16-22)13-31(42)37-29-19-40(17-25-10-9-24(14-35)43-25)18-26(29)21-8-11-27(33)28(34)12-21/h3-12,15-16,26,29H,13,17-19H2,1-2H3,(H,37,42)/t26-,29+/m0/s1. The van der Waals surface area contributed by atoms with Gasteiger partial charge < -0.3 is 9.73 Å². The summed E-state index contributed by atoms with van der Waals surface area (Å²) >= 11 is 0. The first kappa shape index (κ1) is 28.1. The topological polar surface area (TPSA) is 105 Å². The predicted octanol–water partition coefficient (Wildman–Crippen LogP) is 4.65. The first-order valence-corrected chi connectivity index (χ1v) is 13.9. The summed E-state index contributed by atoms with van der Waals surface area (Å²) in [5.41, 5.74) is 4.60. The van der Waals surface area contributed by atoms with E-state index < -0.39 is 11.6 Å². The van der Waals surface area contributed by atoms with Crippen molar-refractivity contribution >= 4 is 5.91 Å². The van der Waals surface area contributed by atoms with Gasteiger partial charge in [-0.1, -0.05) is 24.3 Å². The molecule has 1 aliphatic heterocycles. The Morgan fingerprint density at radius 1 is 1.12 bits per heavy atom. The van der Waals surface area contributed by atoms with E-state index in [-0.39, 0.29) is 30.0 Å². The summed E-state index contributed by atoms with van der Waals surface area (Å²) in [4.78, 5) is 15.7. The molecule has 2 atom stereocenters. The molecule has 1 saturated heterocycles. The molecule has 0 aliphatic carbocycles. The lowest BCUT2D eigenvalue weighted by Gasteiger charge is -2.21. The molecule has 11 heteroatoms. The molecule has 0 radical (unpaired) electrons. The molecular weight excluding hydrogens is 552 g/mol. The number of hydrogen-bond donors (Lipinski definition) is 1. The van der Waals surface area contributed by atoms with Gasteiger partial charge >= 0.3 is 0 Å². The number of para-hydroxylation sites is 1. The molecule has 0 spiro atoms. The Morgan fingerprint density at radius 3 is 2.63 bits per heavy atom. The van der Waals surface area contributed by atoms with Gasteiger partial charge in [0.2, 0.25) is 11.7 Å². The molecule has 43 heavy (non-hydrogen) atoms. The van der Waals surface area contributed by atoms with Crippen LogP contribution in [0.25, 0.3) is 16.9 Å². The zero-order valence-corrected chi connectivity index (χ0v) is 23.7. The Kier molecular flexibility index (Phi) is 7.61. The number of rotatable bonds is 8. The number of benzene rings is 2. The molecule has 5 aromatic rings. The maximum absolute atomic E-state index is 14.3. The SMILES string of the molecule is Cc1c(-c2cnn(C)c2)nn(-c2ccccc2)c1CC(=O)N[C@@H]1CN(Cc2ccc(C#N)o2)C[C@H]1c1ccc(F)c(F)c1. The minimum Gasteiger partial charge on any atom is -0.449 e. The van der Waals surface area contributed by atoms with Gasteiger partial charge in [-0.2, -0.15) is 15.5 Å². The summed E-state index contributed by atoms with van der Waals surface area (Å²) in [6.07, 6.45) is 3.68. The number of nitrogens with zero attached hydrogens (tertiary/aromatic N) is 6. The molecule has 0 saturated carbocycles. The van der Waals surface area contributed by atoms with Gasteiger partial charge in [-0.3, -0.25) is 14.4 Å². The fraction of sp³-hybridized carbons (Fsp3) is 0.250. The highest BCUT2D eigenvalue weighted by Crippen LogP contribution is 2.31. The third-order valence-corrected chi connectivity index (χ3v) is 7.82. The van der Waals surface area contributed by atoms with E-state index in [1.807, 2.05) is 56.6 Å². The zero-order chi connectivity index (χ0) is 30.1. The van der Waals surface area contributed by atoms with Crippen LogP contribution in [0.4, 0.5) is 8.78 Å². The number of carbonyl (C=O) groups excluding carboxylic acids is 1. The van der Waals surface area contributed by atoms with Crippen LogP contribution in [0.3, 0.4) is 0 Å². The van der Waals surface area contributed by atoms with Gasteiger partial charge in [0.15, 0.2) is 11.6 Å². The number of furan rings is 1. The van der Waals surface area contributed by atoms with Crippen LogP contribution in [0.5, 0.6) is 0 Å². The van der Waals surface area contributed by atoms with E-state index in [0.717, 1.165) is 34.3 Å². The number of carbonyl (C=O) groups is 1. The lowest BCUT2D eigenvalue weighted by Crippen LogP contribution is -2.41. The van der Waals surface area contributed by atoms with Crippen molar-refractivity contribution in [3.63, 3.8) is 0 Å². The minimum absolute atomic E-state index is 0.0543. The molecule has 1 amide bonds. The smallest absolute Gasteiger partial charge is 0.226 e. The quantitative estimate of drug-likeness (QED) is 0.286. The summed E-state index contributed by atoms with van der Waals surface area (Å²) in [6, 6.07) is 18.4. The summed E-state index contributed by atoms with van der Waals surface area (Å²) < 4.78 is 37.1. The Hall–Kier alpha value is -5.08. The lowest BCUT2D eigenvalue weighted by atomic mass is 9.94. The van der Waals surface area contributed by atoms with Gasteiger partial charge in [-0.15, -0.1) is 0 Å². The Bertz CT molecular complexity index is 1820. The molecule has 9 nitrogen and oxygen atoms in total. The van der Waals surface area contributed by atoms with Gasteiger partial charge in [0.1, 0.15) is 11.8 Å². The molecule has 0 bridgehead atoms. The molecule has 2 aromatic carbocycles. The van der Waals surface area contributed by atoms with Crippen LogP contribution in [-0.4, -0.2) is 49.5 Å². The van der Waals surface area contributed by atoms with E-state index in [1.165, 1.54) is 6.07 Å². The summed E-state index contributed by atoms with van der Waals surface area (Å²) in [7, 11) is 1.84.